The molecule has 1 aromatic carbocycles. The molecule has 4 rings (SSSR count). The summed E-state index contributed by atoms with van der Waals surface area (Å²) in [4.78, 5) is 17.4. The van der Waals surface area contributed by atoms with Gasteiger partial charge in [-0.05, 0) is 36.6 Å². The Bertz CT molecular complexity index is 1150. The number of aromatic nitrogens is 2. The highest BCUT2D eigenvalue weighted by Gasteiger charge is 2.34. The molecule has 0 aliphatic heterocycles. The average molecular weight is 518 g/mol. The molecule has 0 bridgehead atoms. The van der Waals surface area contributed by atoms with Crippen LogP contribution in [0.25, 0.3) is 10.2 Å². The van der Waals surface area contributed by atoms with Gasteiger partial charge in [-0.3, -0.25) is 0 Å². The first-order valence-corrected chi connectivity index (χ1v) is 11.6. The number of fused-ring (bicyclic) bond motifs is 1. The Morgan fingerprint density at radius 2 is 1.88 bits per heavy atom. The number of carboxylic acid groups (broad SMARTS) is 2. The van der Waals surface area contributed by atoms with Crippen molar-refractivity contribution in [2.75, 3.05) is 12.4 Å². The molecule has 0 amide bonds. The summed E-state index contributed by atoms with van der Waals surface area (Å²) < 4.78 is 45.0. The fourth-order valence-corrected chi connectivity index (χ4v) is 4.95. The maximum Gasteiger partial charge on any atom is 0.503 e. The molecule has 3 N–H and O–H groups in total. The topological polar surface area (TPSA) is 105 Å². The molecule has 0 atom stereocenters. The fourth-order valence-electron chi connectivity index (χ4n) is 3.76. The van der Waals surface area contributed by atoms with Crippen LogP contribution >= 0.6 is 22.9 Å². The van der Waals surface area contributed by atoms with E-state index >= 15 is 0 Å². The van der Waals surface area contributed by atoms with E-state index in [0.717, 1.165) is 37.3 Å². The Balaban J connectivity index is 0.000000751. The summed E-state index contributed by atoms with van der Waals surface area (Å²) in [7, 11) is 1.54. The van der Waals surface area contributed by atoms with Crippen molar-refractivity contribution in [2.24, 2.45) is 0 Å². The third-order valence-corrected chi connectivity index (χ3v) is 6.71. The number of halogens is 4. The summed E-state index contributed by atoms with van der Waals surface area (Å²) in [6.45, 7) is 0.372. The maximum absolute atomic E-state index is 13.3. The SMILES string of the molecule is COc1ccc(CNc2nc(C3CCCCC3)nc3sc(C(F)(F)F)cc23)cc1Cl.O=C(O)O. The van der Waals surface area contributed by atoms with E-state index in [1.54, 1.807) is 19.2 Å². The molecule has 0 radical (unpaired) electrons. The minimum absolute atomic E-state index is 0.190. The van der Waals surface area contributed by atoms with Gasteiger partial charge in [-0.25, -0.2) is 14.8 Å². The number of nitrogens with zero attached hydrogens (tertiary/aromatic N) is 2. The third-order valence-electron chi connectivity index (χ3n) is 5.34. The van der Waals surface area contributed by atoms with Gasteiger partial charge in [-0.15, -0.1) is 11.3 Å². The van der Waals surface area contributed by atoms with Crippen LogP contribution in [0.2, 0.25) is 5.02 Å². The summed E-state index contributed by atoms with van der Waals surface area (Å²) in [5, 5.41) is 18.0. The van der Waals surface area contributed by atoms with E-state index in [0.29, 0.717) is 50.5 Å². The Kier molecular flexibility index (Phi) is 8.42. The molecule has 1 saturated carbocycles. The molecule has 3 aromatic rings. The lowest BCUT2D eigenvalue weighted by Crippen LogP contribution is -2.11. The predicted molar refractivity (Wildman–Crippen MR) is 124 cm³/mol. The molecule has 1 aliphatic rings. The number of hydrogen-bond donors (Lipinski definition) is 3. The monoisotopic (exact) mass is 517 g/mol. The fraction of sp³-hybridized carbons (Fsp3) is 0.409. The summed E-state index contributed by atoms with van der Waals surface area (Å²) >= 11 is 6.86. The van der Waals surface area contributed by atoms with Crippen molar-refractivity contribution >= 4 is 45.1 Å². The molecule has 0 spiro atoms. The van der Waals surface area contributed by atoms with E-state index < -0.39 is 17.2 Å². The number of nitrogens with one attached hydrogen (secondary N) is 1. The number of alkyl halides is 3. The molecular formula is C22H23ClF3N3O4S. The van der Waals surface area contributed by atoms with E-state index in [1.165, 1.54) is 6.42 Å². The third kappa shape index (κ3) is 6.63. The molecule has 0 unspecified atom stereocenters. The first kappa shape index (κ1) is 25.8. The van der Waals surface area contributed by atoms with Gasteiger partial charge in [0.15, 0.2) is 0 Å². The van der Waals surface area contributed by atoms with Gasteiger partial charge in [0.1, 0.15) is 27.1 Å². The summed E-state index contributed by atoms with van der Waals surface area (Å²) in [5.74, 6) is 1.82. The van der Waals surface area contributed by atoms with E-state index in [-0.39, 0.29) is 5.92 Å². The van der Waals surface area contributed by atoms with Crippen LogP contribution in [0.5, 0.6) is 5.75 Å². The normalized spacial score (nSPS) is 14.4. The van der Waals surface area contributed by atoms with Crippen molar-refractivity contribution in [1.82, 2.24) is 9.97 Å². The zero-order valence-electron chi connectivity index (χ0n) is 18.2. The maximum atomic E-state index is 13.3. The van der Waals surface area contributed by atoms with Crippen LogP contribution in [0.4, 0.5) is 23.8 Å². The number of anilines is 1. The van der Waals surface area contributed by atoms with Crippen molar-refractivity contribution in [1.29, 1.82) is 0 Å². The molecule has 1 fully saturated rings. The number of methoxy groups -OCH3 is 1. The van der Waals surface area contributed by atoms with Gasteiger partial charge in [0.25, 0.3) is 0 Å². The van der Waals surface area contributed by atoms with E-state index in [1.807, 2.05) is 6.07 Å². The number of hydrogen-bond acceptors (Lipinski definition) is 6. The van der Waals surface area contributed by atoms with Crippen molar-refractivity contribution < 1.29 is 32.9 Å². The predicted octanol–water partition coefficient (Wildman–Crippen LogP) is 7.25. The highest BCUT2D eigenvalue weighted by Crippen LogP contribution is 2.41. The smallest absolute Gasteiger partial charge is 0.495 e. The first-order valence-electron chi connectivity index (χ1n) is 10.4. The Labute approximate surface area is 202 Å². The van der Waals surface area contributed by atoms with Crippen LogP contribution in [0.3, 0.4) is 0 Å². The second-order valence-electron chi connectivity index (χ2n) is 7.70. The number of benzene rings is 1. The number of rotatable bonds is 5. The van der Waals surface area contributed by atoms with Crippen molar-refractivity contribution in [2.45, 2.75) is 50.7 Å². The molecular weight excluding hydrogens is 495 g/mol. The summed E-state index contributed by atoms with van der Waals surface area (Å²) in [6.07, 6.45) is -0.932. The second kappa shape index (κ2) is 11.1. The van der Waals surface area contributed by atoms with Gasteiger partial charge in [0, 0.05) is 12.5 Å². The zero-order valence-corrected chi connectivity index (χ0v) is 19.7. The number of thiophene rings is 1. The van der Waals surface area contributed by atoms with Crippen molar-refractivity contribution in [3.63, 3.8) is 0 Å². The Morgan fingerprint density at radius 1 is 1.21 bits per heavy atom. The van der Waals surface area contributed by atoms with Crippen LogP contribution in [0.15, 0.2) is 24.3 Å². The molecule has 184 valence electrons. The average Bonchev–Trinajstić information content (AvgIpc) is 3.23. The second-order valence-corrected chi connectivity index (χ2v) is 9.14. The lowest BCUT2D eigenvalue weighted by atomic mass is 9.88. The highest BCUT2D eigenvalue weighted by molar-refractivity contribution is 7.18. The first-order chi connectivity index (χ1) is 16.1. The standard InChI is InChI=1S/C21H21ClF3N3OS.CH2O3/c1-29-16-8-7-12(9-15(16)22)11-26-19-14-10-17(21(23,24)25)30-20(14)28-18(27-19)13-5-3-2-4-6-13;2-1(3)4/h7-10,13H,2-6,11H2,1H3,(H,26,27,28);(H2,2,3,4). The lowest BCUT2D eigenvalue weighted by molar-refractivity contribution is -0.134. The summed E-state index contributed by atoms with van der Waals surface area (Å²) in [5.41, 5.74) is 0.873. The lowest BCUT2D eigenvalue weighted by Gasteiger charge is -2.21. The van der Waals surface area contributed by atoms with E-state index in [4.69, 9.17) is 31.3 Å². The molecule has 34 heavy (non-hydrogen) atoms. The number of ether oxygens (including phenoxy) is 1. The summed E-state index contributed by atoms with van der Waals surface area (Å²) in [6, 6.07) is 6.51. The van der Waals surface area contributed by atoms with Crippen molar-refractivity contribution in [3.8, 4) is 5.75 Å². The van der Waals surface area contributed by atoms with Crippen LogP contribution in [-0.2, 0) is 12.7 Å². The molecule has 12 heteroatoms. The highest BCUT2D eigenvalue weighted by atomic mass is 35.5. The Hall–Kier alpha value is -2.79. The van der Waals surface area contributed by atoms with Crippen LogP contribution in [-0.4, -0.2) is 33.4 Å². The van der Waals surface area contributed by atoms with Crippen molar-refractivity contribution in [3.05, 3.63) is 45.6 Å². The Morgan fingerprint density at radius 3 is 2.47 bits per heavy atom. The van der Waals surface area contributed by atoms with Gasteiger partial charge in [0.05, 0.1) is 17.5 Å². The van der Waals surface area contributed by atoms with Gasteiger partial charge in [-0.1, -0.05) is 36.9 Å². The van der Waals surface area contributed by atoms with Crippen LogP contribution in [0.1, 0.15) is 54.3 Å². The molecule has 2 aromatic heterocycles. The zero-order chi connectivity index (χ0) is 24.9. The minimum atomic E-state index is -4.41. The molecule has 2 heterocycles. The molecule has 0 saturated heterocycles. The number of carbonyl (C=O) groups is 1. The van der Waals surface area contributed by atoms with Gasteiger partial charge >= 0.3 is 12.3 Å². The van der Waals surface area contributed by atoms with Gasteiger partial charge in [0.2, 0.25) is 0 Å². The van der Waals surface area contributed by atoms with Crippen LogP contribution < -0.4 is 10.1 Å². The van der Waals surface area contributed by atoms with Gasteiger partial charge < -0.3 is 20.3 Å². The van der Waals surface area contributed by atoms with E-state index in [2.05, 4.69) is 15.3 Å². The largest absolute Gasteiger partial charge is 0.503 e. The van der Waals surface area contributed by atoms with Crippen LogP contribution in [0, 0.1) is 0 Å². The molecule has 7 nitrogen and oxygen atoms in total. The quantitative estimate of drug-likeness (QED) is 0.327. The van der Waals surface area contributed by atoms with Gasteiger partial charge in [-0.2, -0.15) is 13.2 Å². The minimum Gasteiger partial charge on any atom is -0.495 e. The van der Waals surface area contributed by atoms with E-state index in [9.17, 15) is 13.2 Å². The molecule has 1 aliphatic carbocycles.